The van der Waals surface area contributed by atoms with Crippen molar-refractivity contribution in [3.8, 4) is 0 Å². The van der Waals surface area contributed by atoms with E-state index in [4.69, 9.17) is 10.5 Å². The van der Waals surface area contributed by atoms with Crippen molar-refractivity contribution in [2.75, 3.05) is 13.2 Å². The zero-order valence-corrected chi connectivity index (χ0v) is 11.0. The Morgan fingerprint density at radius 3 is 2.84 bits per heavy atom. The van der Waals surface area contributed by atoms with Crippen molar-refractivity contribution >= 4 is 6.09 Å². The number of likely N-dealkylation sites (tertiary alicyclic amines) is 1. The first-order valence-electron chi connectivity index (χ1n) is 6.94. The summed E-state index contributed by atoms with van der Waals surface area (Å²) in [5.74, 6) is 1.13. The summed E-state index contributed by atoms with van der Waals surface area (Å²) in [7, 11) is 0. The second-order valence-corrected chi connectivity index (χ2v) is 5.61. The van der Waals surface area contributed by atoms with Gasteiger partial charge in [0.05, 0.1) is 6.61 Å². The number of amides is 1. The SMILES string of the molecule is NC(=O)OCC1C2CCC1N(Cc1ccccc1)C2. The number of ether oxygens (including phenoxy) is 1. The van der Waals surface area contributed by atoms with Crippen LogP contribution in [0.4, 0.5) is 4.79 Å². The number of carbonyl (C=O) groups is 1. The third-order valence-electron chi connectivity index (χ3n) is 4.52. The Balaban J connectivity index is 1.62. The van der Waals surface area contributed by atoms with Gasteiger partial charge in [-0.05, 0) is 24.3 Å². The van der Waals surface area contributed by atoms with E-state index >= 15 is 0 Å². The van der Waals surface area contributed by atoms with Crippen LogP contribution < -0.4 is 5.73 Å². The normalized spacial score (nSPS) is 29.6. The molecule has 1 saturated heterocycles. The fraction of sp³-hybridized carbons (Fsp3) is 0.533. The van der Waals surface area contributed by atoms with Gasteiger partial charge >= 0.3 is 6.09 Å². The van der Waals surface area contributed by atoms with Gasteiger partial charge in [0.2, 0.25) is 0 Å². The maximum Gasteiger partial charge on any atom is 0.404 e. The van der Waals surface area contributed by atoms with Gasteiger partial charge in [-0.2, -0.15) is 0 Å². The van der Waals surface area contributed by atoms with Gasteiger partial charge < -0.3 is 10.5 Å². The molecule has 1 heterocycles. The van der Waals surface area contributed by atoms with E-state index in [1.54, 1.807) is 0 Å². The molecule has 2 bridgehead atoms. The van der Waals surface area contributed by atoms with E-state index in [-0.39, 0.29) is 0 Å². The lowest BCUT2D eigenvalue weighted by Gasteiger charge is -2.27. The summed E-state index contributed by atoms with van der Waals surface area (Å²) in [5, 5.41) is 0. The molecule has 3 atom stereocenters. The summed E-state index contributed by atoms with van der Waals surface area (Å²) in [6, 6.07) is 11.1. The molecule has 3 unspecified atom stereocenters. The number of hydrogen-bond donors (Lipinski definition) is 1. The molecular weight excluding hydrogens is 240 g/mol. The van der Waals surface area contributed by atoms with E-state index < -0.39 is 6.09 Å². The molecule has 1 amide bonds. The van der Waals surface area contributed by atoms with E-state index in [2.05, 4.69) is 29.2 Å². The van der Waals surface area contributed by atoms with Gasteiger partial charge in [0.25, 0.3) is 0 Å². The average Bonchev–Trinajstić information content (AvgIpc) is 2.94. The molecule has 2 fully saturated rings. The van der Waals surface area contributed by atoms with E-state index in [1.807, 2.05) is 6.07 Å². The number of carbonyl (C=O) groups excluding carboxylic acids is 1. The highest BCUT2D eigenvalue weighted by Crippen LogP contribution is 2.43. The van der Waals surface area contributed by atoms with E-state index in [1.165, 1.54) is 18.4 Å². The maximum absolute atomic E-state index is 10.7. The Hall–Kier alpha value is -1.55. The van der Waals surface area contributed by atoms with Crippen LogP contribution in [0.5, 0.6) is 0 Å². The summed E-state index contributed by atoms with van der Waals surface area (Å²) in [6.07, 6.45) is 1.81. The molecule has 4 heteroatoms. The Kier molecular flexibility index (Phi) is 3.42. The Morgan fingerprint density at radius 2 is 2.11 bits per heavy atom. The lowest BCUT2D eigenvalue weighted by atomic mass is 9.99. The molecule has 3 rings (SSSR count). The average molecular weight is 260 g/mol. The summed E-state index contributed by atoms with van der Waals surface area (Å²) < 4.78 is 5.02. The summed E-state index contributed by atoms with van der Waals surface area (Å²) in [4.78, 5) is 13.3. The number of primary amides is 1. The zero-order valence-electron chi connectivity index (χ0n) is 11.0. The molecular formula is C15H20N2O2. The predicted octanol–water partition coefficient (Wildman–Crippen LogP) is 1.99. The minimum Gasteiger partial charge on any atom is -0.449 e. The van der Waals surface area contributed by atoms with Crippen LogP contribution in [-0.4, -0.2) is 30.2 Å². The van der Waals surface area contributed by atoms with Crippen LogP contribution in [0.3, 0.4) is 0 Å². The van der Waals surface area contributed by atoms with Gasteiger partial charge in [0.15, 0.2) is 0 Å². The van der Waals surface area contributed by atoms with Gasteiger partial charge in [-0.1, -0.05) is 30.3 Å². The first kappa shape index (κ1) is 12.5. The monoisotopic (exact) mass is 260 g/mol. The molecule has 19 heavy (non-hydrogen) atoms. The van der Waals surface area contributed by atoms with Crippen molar-refractivity contribution in [1.82, 2.24) is 4.90 Å². The summed E-state index contributed by atoms with van der Waals surface area (Å²) in [5.41, 5.74) is 6.42. The molecule has 102 valence electrons. The van der Waals surface area contributed by atoms with Gasteiger partial charge in [0.1, 0.15) is 0 Å². The third kappa shape index (κ3) is 2.59. The number of nitrogens with zero attached hydrogens (tertiary/aromatic N) is 1. The van der Waals surface area contributed by atoms with Crippen molar-refractivity contribution in [2.45, 2.75) is 25.4 Å². The molecule has 1 aromatic carbocycles. The molecule has 2 aliphatic rings. The molecule has 1 aromatic rings. The predicted molar refractivity (Wildman–Crippen MR) is 72.4 cm³/mol. The topological polar surface area (TPSA) is 55.6 Å². The van der Waals surface area contributed by atoms with Crippen molar-refractivity contribution in [3.05, 3.63) is 35.9 Å². The van der Waals surface area contributed by atoms with Gasteiger partial charge in [-0.15, -0.1) is 0 Å². The smallest absolute Gasteiger partial charge is 0.404 e. The van der Waals surface area contributed by atoms with Crippen molar-refractivity contribution in [2.24, 2.45) is 17.6 Å². The molecule has 1 saturated carbocycles. The Bertz CT molecular complexity index is 449. The van der Waals surface area contributed by atoms with Gasteiger partial charge in [-0.25, -0.2) is 4.79 Å². The molecule has 2 N–H and O–H groups in total. The number of fused-ring (bicyclic) bond motifs is 2. The van der Waals surface area contributed by atoms with E-state index in [0.29, 0.717) is 24.5 Å². The van der Waals surface area contributed by atoms with Gasteiger partial charge in [-0.3, -0.25) is 4.90 Å². The van der Waals surface area contributed by atoms with Crippen LogP contribution in [0.25, 0.3) is 0 Å². The van der Waals surface area contributed by atoms with Crippen LogP contribution in [0.1, 0.15) is 18.4 Å². The largest absolute Gasteiger partial charge is 0.449 e. The highest BCUT2D eigenvalue weighted by atomic mass is 16.5. The number of hydrogen-bond acceptors (Lipinski definition) is 3. The standard InChI is InChI=1S/C15H20N2O2/c16-15(18)19-10-13-12-6-7-14(13)17(9-12)8-11-4-2-1-3-5-11/h1-5,12-14H,6-10H2,(H2,16,18). The zero-order chi connectivity index (χ0) is 13.2. The third-order valence-corrected chi connectivity index (χ3v) is 4.52. The fourth-order valence-electron chi connectivity index (χ4n) is 3.67. The van der Waals surface area contributed by atoms with Crippen molar-refractivity contribution < 1.29 is 9.53 Å². The number of piperidine rings is 1. The number of nitrogens with two attached hydrogens (primary N) is 1. The van der Waals surface area contributed by atoms with Crippen LogP contribution >= 0.6 is 0 Å². The summed E-state index contributed by atoms with van der Waals surface area (Å²) in [6.45, 7) is 2.59. The summed E-state index contributed by atoms with van der Waals surface area (Å²) >= 11 is 0. The highest BCUT2D eigenvalue weighted by molar-refractivity contribution is 5.64. The Labute approximate surface area is 113 Å². The first-order chi connectivity index (χ1) is 9.24. The molecule has 0 spiro atoms. The lowest BCUT2D eigenvalue weighted by molar-refractivity contribution is 0.122. The van der Waals surface area contributed by atoms with E-state index in [9.17, 15) is 4.79 Å². The molecule has 4 nitrogen and oxygen atoms in total. The van der Waals surface area contributed by atoms with E-state index in [0.717, 1.165) is 13.1 Å². The molecule has 1 aliphatic heterocycles. The highest BCUT2D eigenvalue weighted by Gasteiger charge is 2.46. The van der Waals surface area contributed by atoms with Crippen LogP contribution in [-0.2, 0) is 11.3 Å². The number of benzene rings is 1. The van der Waals surface area contributed by atoms with Crippen molar-refractivity contribution in [1.29, 1.82) is 0 Å². The first-order valence-corrected chi connectivity index (χ1v) is 6.94. The quantitative estimate of drug-likeness (QED) is 0.900. The minimum atomic E-state index is -0.652. The van der Waals surface area contributed by atoms with Crippen LogP contribution in [0.2, 0.25) is 0 Å². The fourth-order valence-corrected chi connectivity index (χ4v) is 3.67. The van der Waals surface area contributed by atoms with Crippen LogP contribution in [0.15, 0.2) is 30.3 Å². The molecule has 1 aliphatic carbocycles. The second kappa shape index (κ2) is 5.21. The lowest BCUT2D eigenvalue weighted by Crippen LogP contribution is -2.33. The maximum atomic E-state index is 10.7. The second-order valence-electron chi connectivity index (χ2n) is 5.61. The molecule has 0 aromatic heterocycles. The van der Waals surface area contributed by atoms with Gasteiger partial charge in [0, 0.05) is 25.0 Å². The minimum absolute atomic E-state index is 0.469. The molecule has 0 radical (unpaired) electrons. The number of rotatable bonds is 4. The Morgan fingerprint density at radius 1 is 1.32 bits per heavy atom. The van der Waals surface area contributed by atoms with Crippen LogP contribution in [0, 0.1) is 11.8 Å². The van der Waals surface area contributed by atoms with Crippen molar-refractivity contribution in [3.63, 3.8) is 0 Å².